The van der Waals surface area contributed by atoms with E-state index in [9.17, 15) is 14.4 Å². The lowest BCUT2D eigenvalue weighted by atomic mass is 10.1. The maximum absolute atomic E-state index is 13.0. The number of benzene rings is 2. The van der Waals surface area contributed by atoms with Gasteiger partial charge in [0.25, 0.3) is 5.56 Å². The molecular weight excluding hydrogens is 474 g/mol. The SMILES string of the molecule is Cc1ccccc1-n1c(-c2ccc(Cl)cc2)cnc1SCC(=O)c1c(N)n(C)c(=O)n(C)c1=O. The number of hydrogen-bond donors (Lipinski definition) is 1. The second-order valence-corrected chi connectivity index (χ2v) is 9.11. The van der Waals surface area contributed by atoms with Crippen molar-refractivity contribution in [3.05, 3.63) is 91.7 Å². The average Bonchev–Trinajstić information content (AvgIpc) is 3.24. The molecule has 174 valence electrons. The van der Waals surface area contributed by atoms with Crippen LogP contribution >= 0.6 is 23.4 Å². The maximum Gasteiger partial charge on any atom is 0.332 e. The van der Waals surface area contributed by atoms with Gasteiger partial charge in [-0.15, -0.1) is 0 Å². The van der Waals surface area contributed by atoms with Crippen LogP contribution in [0.2, 0.25) is 5.02 Å². The third kappa shape index (κ3) is 4.20. The summed E-state index contributed by atoms with van der Waals surface area (Å²) in [5.74, 6) is -0.713. The smallest absolute Gasteiger partial charge is 0.332 e. The normalized spacial score (nSPS) is 11.1. The van der Waals surface area contributed by atoms with Gasteiger partial charge < -0.3 is 5.73 Å². The molecule has 4 rings (SSSR count). The van der Waals surface area contributed by atoms with Crippen LogP contribution in [0.15, 0.2) is 69.5 Å². The van der Waals surface area contributed by atoms with E-state index in [0.717, 1.165) is 31.6 Å². The van der Waals surface area contributed by atoms with E-state index in [4.69, 9.17) is 17.3 Å². The number of Topliss-reactive ketones (excluding diaryl/α,β-unsaturated/α-hetero) is 1. The topological polar surface area (TPSA) is 105 Å². The third-order valence-corrected chi connectivity index (χ3v) is 6.75. The molecule has 0 aliphatic heterocycles. The fraction of sp³-hybridized carbons (Fsp3) is 0.167. The van der Waals surface area contributed by atoms with Crippen LogP contribution in [0.4, 0.5) is 5.82 Å². The van der Waals surface area contributed by atoms with Crippen molar-refractivity contribution in [2.45, 2.75) is 12.1 Å². The molecule has 0 radical (unpaired) electrons. The Labute approximate surface area is 204 Å². The minimum atomic E-state index is -0.713. The van der Waals surface area contributed by atoms with Crippen molar-refractivity contribution in [2.75, 3.05) is 11.5 Å². The Morgan fingerprint density at radius 1 is 1.06 bits per heavy atom. The minimum absolute atomic E-state index is 0.0827. The van der Waals surface area contributed by atoms with Crippen molar-refractivity contribution in [2.24, 2.45) is 14.1 Å². The van der Waals surface area contributed by atoms with Crippen molar-refractivity contribution in [1.82, 2.24) is 18.7 Å². The molecule has 8 nitrogen and oxygen atoms in total. The van der Waals surface area contributed by atoms with Crippen LogP contribution in [0.3, 0.4) is 0 Å². The summed E-state index contributed by atoms with van der Waals surface area (Å²) in [4.78, 5) is 42.2. The number of anilines is 1. The molecule has 4 aromatic rings. The number of nitrogens with zero attached hydrogens (tertiary/aromatic N) is 4. The molecule has 0 saturated carbocycles. The van der Waals surface area contributed by atoms with Gasteiger partial charge in [0.05, 0.1) is 23.3 Å². The average molecular weight is 496 g/mol. The molecule has 2 aromatic heterocycles. The highest BCUT2D eigenvalue weighted by molar-refractivity contribution is 7.99. The van der Waals surface area contributed by atoms with E-state index in [1.165, 1.54) is 25.9 Å². The van der Waals surface area contributed by atoms with Gasteiger partial charge in [0, 0.05) is 24.7 Å². The van der Waals surface area contributed by atoms with Crippen LogP contribution < -0.4 is 17.0 Å². The van der Waals surface area contributed by atoms with Crippen LogP contribution in [0, 0.1) is 6.92 Å². The van der Waals surface area contributed by atoms with Crippen LogP contribution in [0.5, 0.6) is 0 Å². The van der Waals surface area contributed by atoms with E-state index in [2.05, 4.69) is 4.98 Å². The Balaban J connectivity index is 1.75. The summed E-state index contributed by atoms with van der Waals surface area (Å²) in [5, 5.41) is 1.20. The number of aryl methyl sites for hydroxylation is 1. The molecule has 0 amide bonds. The number of aromatic nitrogens is 4. The minimum Gasteiger partial charge on any atom is -0.384 e. The Kier molecular flexibility index (Phi) is 6.49. The van der Waals surface area contributed by atoms with Gasteiger partial charge in [0.1, 0.15) is 11.4 Å². The number of ketones is 1. The molecule has 0 atom stereocenters. The fourth-order valence-corrected chi connectivity index (χ4v) is 4.62. The van der Waals surface area contributed by atoms with Crippen molar-refractivity contribution in [3.63, 3.8) is 0 Å². The first-order valence-electron chi connectivity index (χ1n) is 10.3. The maximum atomic E-state index is 13.0. The van der Waals surface area contributed by atoms with Gasteiger partial charge in [-0.25, -0.2) is 9.78 Å². The largest absolute Gasteiger partial charge is 0.384 e. The van der Waals surface area contributed by atoms with Gasteiger partial charge in [-0.05, 0) is 30.7 Å². The van der Waals surface area contributed by atoms with Crippen molar-refractivity contribution >= 4 is 35.0 Å². The van der Waals surface area contributed by atoms with E-state index in [1.807, 2.05) is 47.9 Å². The van der Waals surface area contributed by atoms with Gasteiger partial charge in [0.2, 0.25) is 0 Å². The van der Waals surface area contributed by atoms with Gasteiger partial charge in [-0.2, -0.15) is 0 Å². The highest BCUT2D eigenvalue weighted by Crippen LogP contribution is 2.32. The molecule has 10 heteroatoms. The van der Waals surface area contributed by atoms with E-state index in [-0.39, 0.29) is 17.1 Å². The van der Waals surface area contributed by atoms with E-state index < -0.39 is 17.0 Å². The highest BCUT2D eigenvalue weighted by Gasteiger charge is 2.22. The zero-order valence-electron chi connectivity index (χ0n) is 18.8. The Bertz CT molecular complexity index is 1520. The van der Waals surface area contributed by atoms with E-state index in [0.29, 0.717) is 10.2 Å². The Hall–Kier alpha value is -3.56. The van der Waals surface area contributed by atoms with Crippen LogP contribution in [-0.2, 0) is 14.1 Å². The number of carbonyl (C=O) groups excluding carboxylic acids is 1. The van der Waals surface area contributed by atoms with Crippen molar-refractivity contribution in [1.29, 1.82) is 0 Å². The molecule has 0 saturated heterocycles. The Morgan fingerprint density at radius 2 is 1.74 bits per heavy atom. The molecule has 34 heavy (non-hydrogen) atoms. The van der Waals surface area contributed by atoms with Crippen LogP contribution in [-0.4, -0.2) is 30.2 Å². The molecule has 0 unspecified atom stereocenters. The van der Waals surface area contributed by atoms with Gasteiger partial charge in [-0.3, -0.25) is 23.3 Å². The van der Waals surface area contributed by atoms with Gasteiger partial charge in [0.15, 0.2) is 10.9 Å². The molecular formula is C24H22ClN5O3S. The zero-order chi connectivity index (χ0) is 24.6. The Morgan fingerprint density at radius 3 is 2.41 bits per heavy atom. The third-order valence-electron chi connectivity index (χ3n) is 5.55. The predicted octanol–water partition coefficient (Wildman–Crippen LogP) is 3.46. The quantitative estimate of drug-likeness (QED) is 0.324. The number of rotatable bonds is 6. The first-order chi connectivity index (χ1) is 16.2. The van der Waals surface area contributed by atoms with Gasteiger partial charge >= 0.3 is 5.69 Å². The summed E-state index contributed by atoms with van der Waals surface area (Å²) in [5.41, 5.74) is 8.12. The lowest BCUT2D eigenvalue weighted by molar-refractivity contribution is 0.102. The fourth-order valence-electron chi connectivity index (χ4n) is 3.63. The molecule has 0 bridgehead atoms. The molecule has 0 fully saturated rings. The number of nitrogen functional groups attached to an aromatic ring is 1. The van der Waals surface area contributed by atoms with Crippen molar-refractivity contribution in [3.8, 4) is 16.9 Å². The zero-order valence-corrected chi connectivity index (χ0v) is 20.4. The number of nitrogens with two attached hydrogens (primary N) is 1. The summed E-state index contributed by atoms with van der Waals surface area (Å²) in [6.45, 7) is 2.00. The summed E-state index contributed by atoms with van der Waals surface area (Å²) in [6, 6.07) is 15.3. The summed E-state index contributed by atoms with van der Waals surface area (Å²) in [6.07, 6.45) is 1.74. The lowest BCUT2D eigenvalue weighted by Crippen LogP contribution is -2.41. The van der Waals surface area contributed by atoms with Crippen LogP contribution in [0.25, 0.3) is 16.9 Å². The molecule has 0 aliphatic rings. The molecule has 2 N–H and O–H groups in total. The number of para-hydroxylation sites is 1. The first kappa shape index (κ1) is 23.6. The number of thioether (sulfide) groups is 1. The number of carbonyl (C=O) groups is 1. The highest BCUT2D eigenvalue weighted by atomic mass is 35.5. The lowest BCUT2D eigenvalue weighted by Gasteiger charge is -2.15. The second kappa shape index (κ2) is 9.36. The number of halogens is 1. The summed E-state index contributed by atoms with van der Waals surface area (Å²) in [7, 11) is 2.74. The monoisotopic (exact) mass is 495 g/mol. The van der Waals surface area contributed by atoms with Crippen molar-refractivity contribution < 1.29 is 4.79 Å². The molecule has 2 heterocycles. The van der Waals surface area contributed by atoms with E-state index in [1.54, 1.807) is 18.3 Å². The number of hydrogen-bond acceptors (Lipinski definition) is 6. The summed E-state index contributed by atoms with van der Waals surface area (Å²) >= 11 is 7.25. The number of imidazole rings is 1. The van der Waals surface area contributed by atoms with E-state index >= 15 is 0 Å². The standard InChI is InChI=1S/C24H22ClN5O3S/c1-14-6-4-5-7-17(14)30-18(15-8-10-16(25)11-9-15)12-27-23(30)34-13-19(31)20-21(26)28(2)24(33)29(3)22(20)32/h4-12H,13,26H2,1-3H3. The first-order valence-corrected chi connectivity index (χ1v) is 11.7. The molecule has 0 spiro atoms. The van der Waals surface area contributed by atoms with Gasteiger partial charge in [-0.1, -0.05) is 53.7 Å². The second-order valence-electron chi connectivity index (χ2n) is 7.73. The molecule has 0 aliphatic carbocycles. The van der Waals surface area contributed by atoms with Crippen LogP contribution in [0.1, 0.15) is 15.9 Å². The summed E-state index contributed by atoms with van der Waals surface area (Å²) < 4.78 is 3.94. The molecule has 2 aromatic carbocycles. The predicted molar refractivity (Wildman–Crippen MR) is 135 cm³/mol.